The monoisotopic (exact) mass is 351 g/mol. The van der Waals surface area contributed by atoms with Crippen LogP contribution >= 0.6 is 0 Å². The zero-order valence-electron chi connectivity index (χ0n) is 13.0. The first-order valence-electron chi connectivity index (χ1n) is 7.22. The third-order valence-electron chi connectivity index (χ3n) is 3.20. The van der Waals surface area contributed by atoms with E-state index in [1.165, 1.54) is 37.5 Å². The quantitative estimate of drug-likeness (QED) is 0.759. The summed E-state index contributed by atoms with van der Waals surface area (Å²) in [6, 6.07) is 9.13. The molecular weight excluding hydrogens is 334 g/mol. The third-order valence-corrected chi connectivity index (χ3v) is 4.98. The maximum atomic E-state index is 12.1. The van der Waals surface area contributed by atoms with E-state index >= 15 is 0 Å². The Morgan fingerprint density at radius 3 is 2.58 bits per heavy atom. The van der Waals surface area contributed by atoms with Crippen LogP contribution < -0.4 is 5.32 Å². The number of furan rings is 1. The summed E-state index contributed by atoms with van der Waals surface area (Å²) < 4.78 is 34.0. The Labute approximate surface area is 139 Å². The van der Waals surface area contributed by atoms with Gasteiger partial charge in [-0.25, -0.2) is 13.2 Å². The number of amides is 1. The Kier molecular flexibility index (Phi) is 5.75. The molecule has 0 fully saturated rings. The number of nitrogens with one attached hydrogen (secondary N) is 1. The van der Waals surface area contributed by atoms with Gasteiger partial charge in [-0.15, -0.1) is 0 Å². The van der Waals surface area contributed by atoms with Gasteiger partial charge in [0.25, 0.3) is 5.91 Å². The number of hydrogen-bond acceptors (Lipinski definition) is 6. The van der Waals surface area contributed by atoms with E-state index in [9.17, 15) is 18.0 Å². The van der Waals surface area contributed by atoms with Crippen molar-refractivity contribution in [3.8, 4) is 0 Å². The van der Waals surface area contributed by atoms with Gasteiger partial charge in [-0.2, -0.15) is 0 Å². The van der Waals surface area contributed by atoms with Crippen molar-refractivity contribution in [1.82, 2.24) is 5.32 Å². The highest BCUT2D eigenvalue weighted by Gasteiger charge is 2.22. The van der Waals surface area contributed by atoms with Crippen molar-refractivity contribution in [3.05, 3.63) is 54.0 Å². The molecule has 2 aromatic rings. The number of benzene rings is 1. The Bertz CT molecular complexity index is 811. The second-order valence-corrected chi connectivity index (χ2v) is 7.08. The van der Waals surface area contributed by atoms with Crippen molar-refractivity contribution in [3.63, 3.8) is 0 Å². The largest absolute Gasteiger partial charge is 0.467 e. The van der Waals surface area contributed by atoms with Gasteiger partial charge in [0.15, 0.2) is 16.4 Å². The minimum atomic E-state index is -3.57. The molecule has 0 aliphatic rings. The standard InChI is InChI=1S/C16H17NO6S/c1-2-24(20,21)14-8-4-3-7-13(14)16(19)23-11-15(18)17-10-12-6-5-9-22-12/h3-9H,2,10-11H2,1H3,(H,17,18). The molecule has 0 bridgehead atoms. The first-order valence-corrected chi connectivity index (χ1v) is 8.87. The first kappa shape index (κ1) is 17.7. The highest BCUT2D eigenvalue weighted by Crippen LogP contribution is 2.17. The summed E-state index contributed by atoms with van der Waals surface area (Å²) in [5, 5.41) is 2.52. The average molecular weight is 351 g/mol. The summed E-state index contributed by atoms with van der Waals surface area (Å²) in [5.41, 5.74) is -0.0850. The van der Waals surface area contributed by atoms with E-state index in [-0.39, 0.29) is 22.8 Å². The fraction of sp³-hybridized carbons (Fsp3) is 0.250. The summed E-state index contributed by atoms with van der Waals surface area (Å²) in [5.74, 6) is -0.957. The fourth-order valence-corrected chi connectivity index (χ4v) is 3.00. The van der Waals surface area contributed by atoms with Gasteiger partial charge >= 0.3 is 5.97 Å². The number of esters is 1. The second kappa shape index (κ2) is 7.78. The number of hydrogen-bond donors (Lipinski definition) is 1. The van der Waals surface area contributed by atoms with Crippen molar-refractivity contribution in [2.24, 2.45) is 0 Å². The molecule has 0 saturated heterocycles. The van der Waals surface area contributed by atoms with Crippen LogP contribution in [0.4, 0.5) is 0 Å². The summed E-state index contributed by atoms with van der Waals surface area (Å²) >= 11 is 0. The van der Waals surface area contributed by atoms with E-state index in [2.05, 4.69) is 5.32 Å². The van der Waals surface area contributed by atoms with E-state index in [4.69, 9.17) is 9.15 Å². The van der Waals surface area contributed by atoms with Crippen molar-refractivity contribution >= 4 is 21.7 Å². The minimum absolute atomic E-state index is 0.0850. The van der Waals surface area contributed by atoms with Crippen molar-refractivity contribution in [2.45, 2.75) is 18.4 Å². The van der Waals surface area contributed by atoms with E-state index in [1.807, 2.05) is 0 Å². The SMILES string of the molecule is CCS(=O)(=O)c1ccccc1C(=O)OCC(=O)NCc1ccco1. The molecule has 1 aromatic heterocycles. The summed E-state index contributed by atoms with van der Waals surface area (Å²) in [6.45, 7) is 1.14. The van der Waals surface area contributed by atoms with Gasteiger partial charge < -0.3 is 14.5 Å². The smallest absolute Gasteiger partial charge is 0.339 e. The lowest BCUT2D eigenvalue weighted by atomic mass is 10.2. The Hall–Kier alpha value is -2.61. The van der Waals surface area contributed by atoms with Gasteiger partial charge in [0.1, 0.15) is 5.76 Å². The number of carbonyl (C=O) groups excluding carboxylic acids is 2. The van der Waals surface area contributed by atoms with E-state index in [1.54, 1.807) is 12.1 Å². The maximum absolute atomic E-state index is 12.1. The van der Waals surface area contributed by atoms with E-state index < -0.39 is 28.3 Å². The van der Waals surface area contributed by atoms with E-state index in [0.717, 1.165) is 0 Å². The number of rotatable bonds is 7. The van der Waals surface area contributed by atoms with Crippen LogP contribution in [0.15, 0.2) is 52.0 Å². The Morgan fingerprint density at radius 2 is 1.92 bits per heavy atom. The summed E-state index contributed by atoms with van der Waals surface area (Å²) in [7, 11) is -3.57. The van der Waals surface area contributed by atoms with Crippen molar-refractivity contribution in [1.29, 1.82) is 0 Å². The first-order chi connectivity index (χ1) is 11.4. The van der Waals surface area contributed by atoms with Crippen LogP contribution in [0.3, 0.4) is 0 Å². The van der Waals surface area contributed by atoms with Crippen LogP contribution in [-0.4, -0.2) is 32.7 Å². The molecule has 0 saturated carbocycles. The number of ether oxygens (including phenoxy) is 1. The number of carbonyl (C=O) groups is 2. The van der Waals surface area contributed by atoms with Crippen molar-refractivity contribution < 1.29 is 27.2 Å². The normalized spacial score (nSPS) is 11.0. The molecule has 2 rings (SSSR count). The van der Waals surface area contributed by atoms with Gasteiger partial charge in [0.05, 0.1) is 29.0 Å². The molecule has 8 heteroatoms. The van der Waals surface area contributed by atoms with Gasteiger partial charge in [0, 0.05) is 0 Å². The van der Waals surface area contributed by atoms with Crippen LogP contribution in [-0.2, 0) is 25.9 Å². The highest BCUT2D eigenvalue weighted by molar-refractivity contribution is 7.91. The zero-order valence-corrected chi connectivity index (χ0v) is 13.8. The average Bonchev–Trinajstić information content (AvgIpc) is 3.11. The zero-order chi connectivity index (χ0) is 17.6. The van der Waals surface area contributed by atoms with Crippen LogP contribution in [0.2, 0.25) is 0 Å². The molecule has 1 aromatic carbocycles. The molecule has 0 radical (unpaired) electrons. The summed E-state index contributed by atoms with van der Waals surface area (Å²) in [6.07, 6.45) is 1.48. The van der Waals surface area contributed by atoms with Gasteiger partial charge in [0.2, 0.25) is 0 Å². The van der Waals surface area contributed by atoms with E-state index in [0.29, 0.717) is 5.76 Å². The predicted octanol–water partition coefficient (Wildman–Crippen LogP) is 1.55. The van der Waals surface area contributed by atoms with Gasteiger partial charge in [-0.3, -0.25) is 4.79 Å². The molecule has 0 spiro atoms. The highest BCUT2D eigenvalue weighted by atomic mass is 32.2. The lowest BCUT2D eigenvalue weighted by Gasteiger charge is -2.09. The molecular formula is C16H17NO6S. The molecule has 1 amide bonds. The molecule has 1 heterocycles. The molecule has 1 N–H and O–H groups in total. The lowest BCUT2D eigenvalue weighted by molar-refractivity contribution is -0.124. The van der Waals surface area contributed by atoms with Crippen LogP contribution in [0, 0.1) is 0 Å². The molecule has 128 valence electrons. The predicted molar refractivity (Wildman–Crippen MR) is 85.0 cm³/mol. The molecule has 0 aliphatic heterocycles. The van der Waals surface area contributed by atoms with Gasteiger partial charge in [-0.05, 0) is 24.3 Å². The maximum Gasteiger partial charge on any atom is 0.339 e. The molecule has 7 nitrogen and oxygen atoms in total. The molecule has 24 heavy (non-hydrogen) atoms. The van der Waals surface area contributed by atoms with Crippen LogP contribution in [0.5, 0.6) is 0 Å². The lowest BCUT2D eigenvalue weighted by Crippen LogP contribution is -2.28. The van der Waals surface area contributed by atoms with Crippen LogP contribution in [0.25, 0.3) is 0 Å². The number of sulfone groups is 1. The van der Waals surface area contributed by atoms with Crippen LogP contribution in [0.1, 0.15) is 23.0 Å². The molecule has 0 aliphatic carbocycles. The van der Waals surface area contributed by atoms with Crippen molar-refractivity contribution in [2.75, 3.05) is 12.4 Å². The topological polar surface area (TPSA) is 103 Å². The molecule has 0 atom stereocenters. The van der Waals surface area contributed by atoms with Gasteiger partial charge in [-0.1, -0.05) is 19.1 Å². The Balaban J connectivity index is 1.97. The third kappa shape index (κ3) is 4.45. The molecule has 0 unspecified atom stereocenters. The Morgan fingerprint density at radius 1 is 1.17 bits per heavy atom. The second-order valence-electron chi connectivity index (χ2n) is 4.83. The fourth-order valence-electron chi connectivity index (χ4n) is 1.92. The minimum Gasteiger partial charge on any atom is -0.467 e. The summed E-state index contributed by atoms with van der Waals surface area (Å²) in [4.78, 5) is 23.6.